The first-order valence-corrected chi connectivity index (χ1v) is 7.58. The summed E-state index contributed by atoms with van der Waals surface area (Å²) in [7, 11) is 0. The second kappa shape index (κ2) is 6.11. The Morgan fingerprint density at radius 1 is 1.26 bits per heavy atom. The number of nitrogens with one attached hydrogen (secondary N) is 1. The lowest BCUT2D eigenvalue weighted by atomic mass is 10.0. The van der Waals surface area contributed by atoms with Gasteiger partial charge in [-0.1, -0.05) is 6.92 Å². The maximum Gasteiger partial charge on any atom is 0.128 e. The van der Waals surface area contributed by atoms with Gasteiger partial charge in [0.1, 0.15) is 11.6 Å². The zero-order chi connectivity index (χ0) is 14.0. The third-order valence-electron chi connectivity index (χ3n) is 2.88. The van der Waals surface area contributed by atoms with Gasteiger partial charge in [-0.25, -0.2) is 8.78 Å². The van der Waals surface area contributed by atoms with Crippen molar-refractivity contribution in [2.45, 2.75) is 19.9 Å². The van der Waals surface area contributed by atoms with Crippen LogP contribution in [0.2, 0.25) is 0 Å². The molecular weight excluding hydrogens is 332 g/mol. The molecule has 2 aromatic rings. The number of hydrogen-bond acceptors (Lipinski definition) is 2. The summed E-state index contributed by atoms with van der Waals surface area (Å²) in [6, 6.07) is 6.03. The zero-order valence-electron chi connectivity index (χ0n) is 10.6. The van der Waals surface area contributed by atoms with Crippen LogP contribution < -0.4 is 5.32 Å². The number of hydrogen-bond donors (Lipinski definition) is 1. The van der Waals surface area contributed by atoms with E-state index in [4.69, 9.17) is 0 Å². The molecular formula is C14H14BrF2NS. The maximum atomic E-state index is 14.1. The molecule has 1 nitrogen and oxygen atoms in total. The first-order chi connectivity index (χ1) is 9.02. The van der Waals surface area contributed by atoms with E-state index in [0.29, 0.717) is 17.7 Å². The Morgan fingerprint density at radius 3 is 2.58 bits per heavy atom. The topological polar surface area (TPSA) is 12.0 Å². The maximum absolute atomic E-state index is 14.1. The fourth-order valence-corrected chi connectivity index (χ4v) is 3.45. The minimum absolute atomic E-state index is 0.323. The molecule has 2 rings (SSSR count). The monoisotopic (exact) mass is 345 g/mol. The molecule has 1 aromatic carbocycles. The van der Waals surface area contributed by atoms with Crippen LogP contribution in [0.5, 0.6) is 0 Å². The molecule has 1 N–H and O–H groups in total. The van der Waals surface area contributed by atoms with Crippen molar-refractivity contribution in [3.8, 4) is 0 Å². The first-order valence-electron chi connectivity index (χ1n) is 5.97. The number of thiophene rings is 1. The zero-order valence-corrected chi connectivity index (χ0v) is 13.0. The van der Waals surface area contributed by atoms with Crippen molar-refractivity contribution in [3.63, 3.8) is 0 Å². The molecule has 0 fully saturated rings. The van der Waals surface area contributed by atoms with E-state index >= 15 is 0 Å². The Kier molecular flexibility index (Phi) is 4.71. The lowest BCUT2D eigenvalue weighted by Crippen LogP contribution is -2.22. The first kappa shape index (κ1) is 14.6. The predicted octanol–water partition coefficient (Wildman–Crippen LogP) is 4.80. The van der Waals surface area contributed by atoms with Crippen molar-refractivity contribution in [1.29, 1.82) is 0 Å². The van der Waals surface area contributed by atoms with Gasteiger partial charge < -0.3 is 5.32 Å². The normalized spacial score (nSPS) is 12.7. The summed E-state index contributed by atoms with van der Waals surface area (Å²) in [4.78, 5) is 0.955. The molecule has 1 unspecified atom stereocenters. The molecule has 0 aliphatic rings. The average Bonchev–Trinajstić information content (AvgIpc) is 2.78. The highest BCUT2D eigenvalue weighted by Gasteiger charge is 2.20. The Hall–Kier alpha value is -0.780. The number of aryl methyl sites for hydroxylation is 1. The van der Waals surface area contributed by atoms with E-state index in [2.05, 4.69) is 21.2 Å². The molecule has 5 heteroatoms. The van der Waals surface area contributed by atoms with Crippen molar-refractivity contribution >= 4 is 27.3 Å². The molecule has 0 bridgehead atoms. The van der Waals surface area contributed by atoms with Gasteiger partial charge in [-0.3, -0.25) is 0 Å². The highest BCUT2D eigenvalue weighted by Crippen LogP contribution is 2.33. The van der Waals surface area contributed by atoms with E-state index in [0.717, 1.165) is 8.66 Å². The predicted molar refractivity (Wildman–Crippen MR) is 78.6 cm³/mol. The van der Waals surface area contributed by atoms with E-state index in [9.17, 15) is 8.78 Å². The molecule has 1 heterocycles. The van der Waals surface area contributed by atoms with Gasteiger partial charge in [0, 0.05) is 10.4 Å². The Labute approximate surface area is 123 Å². The standard InChI is InChI=1S/C14H14BrF2NS/c1-3-18-14(12-4-5-13(15)19-12)9-7-10(16)8(2)6-11(9)17/h4-7,14,18H,3H2,1-2H3. The van der Waals surface area contributed by atoms with Crippen LogP contribution in [-0.2, 0) is 0 Å². The van der Waals surface area contributed by atoms with Gasteiger partial charge in [0.25, 0.3) is 0 Å². The number of rotatable bonds is 4. The SMILES string of the molecule is CCNC(c1ccc(Br)s1)c1cc(F)c(C)cc1F. The van der Waals surface area contributed by atoms with E-state index in [-0.39, 0.29) is 17.7 Å². The van der Waals surface area contributed by atoms with Crippen LogP contribution in [0.3, 0.4) is 0 Å². The lowest BCUT2D eigenvalue weighted by Gasteiger charge is -2.18. The van der Waals surface area contributed by atoms with Gasteiger partial charge in [-0.05, 0) is 59.2 Å². The molecule has 0 saturated heterocycles. The molecule has 0 aliphatic carbocycles. The summed E-state index contributed by atoms with van der Waals surface area (Å²) in [5.74, 6) is -0.760. The van der Waals surface area contributed by atoms with E-state index < -0.39 is 0 Å². The van der Waals surface area contributed by atoms with Crippen LogP contribution in [0.4, 0.5) is 8.78 Å². The van der Waals surface area contributed by atoms with Crippen LogP contribution >= 0.6 is 27.3 Å². The highest BCUT2D eigenvalue weighted by atomic mass is 79.9. The van der Waals surface area contributed by atoms with Crippen LogP contribution in [-0.4, -0.2) is 6.54 Å². The van der Waals surface area contributed by atoms with Gasteiger partial charge in [0.2, 0.25) is 0 Å². The van der Waals surface area contributed by atoms with Crippen molar-refractivity contribution in [2.75, 3.05) is 6.54 Å². The molecule has 1 atom stereocenters. The molecule has 0 saturated carbocycles. The third-order valence-corrected chi connectivity index (χ3v) is 4.56. The van der Waals surface area contributed by atoms with E-state index in [1.807, 2.05) is 19.1 Å². The summed E-state index contributed by atoms with van der Waals surface area (Å²) in [5, 5.41) is 3.20. The average molecular weight is 346 g/mol. The number of benzene rings is 1. The molecule has 0 amide bonds. The Bertz CT molecular complexity index is 583. The molecule has 19 heavy (non-hydrogen) atoms. The number of halogens is 3. The van der Waals surface area contributed by atoms with Gasteiger partial charge in [0.15, 0.2) is 0 Å². The van der Waals surface area contributed by atoms with Gasteiger partial charge in [0.05, 0.1) is 9.83 Å². The summed E-state index contributed by atoms with van der Waals surface area (Å²) in [5.41, 5.74) is 0.670. The Morgan fingerprint density at radius 2 is 2.00 bits per heavy atom. The fourth-order valence-electron chi connectivity index (χ4n) is 1.93. The molecule has 102 valence electrons. The van der Waals surface area contributed by atoms with Gasteiger partial charge in [-0.15, -0.1) is 11.3 Å². The minimum Gasteiger partial charge on any atom is -0.306 e. The largest absolute Gasteiger partial charge is 0.306 e. The van der Waals surface area contributed by atoms with Crippen LogP contribution in [0.25, 0.3) is 0 Å². The Balaban J connectivity index is 2.47. The summed E-state index contributed by atoms with van der Waals surface area (Å²) in [6.07, 6.45) is 0. The lowest BCUT2D eigenvalue weighted by molar-refractivity contribution is 0.544. The van der Waals surface area contributed by atoms with Crippen molar-refractivity contribution in [3.05, 3.63) is 55.7 Å². The van der Waals surface area contributed by atoms with Crippen LogP contribution in [0.15, 0.2) is 28.1 Å². The second-order valence-corrected chi connectivity index (χ2v) is 6.75. The van der Waals surface area contributed by atoms with Crippen molar-refractivity contribution in [2.24, 2.45) is 0 Å². The second-order valence-electron chi connectivity index (χ2n) is 4.26. The van der Waals surface area contributed by atoms with E-state index in [1.54, 1.807) is 6.92 Å². The molecule has 0 radical (unpaired) electrons. The molecule has 0 spiro atoms. The highest BCUT2D eigenvalue weighted by molar-refractivity contribution is 9.11. The molecule has 1 aromatic heterocycles. The minimum atomic E-state index is -0.380. The van der Waals surface area contributed by atoms with E-state index in [1.165, 1.54) is 23.5 Å². The van der Waals surface area contributed by atoms with Crippen molar-refractivity contribution < 1.29 is 8.78 Å². The van der Waals surface area contributed by atoms with Crippen LogP contribution in [0.1, 0.15) is 29.0 Å². The van der Waals surface area contributed by atoms with Crippen LogP contribution in [0, 0.1) is 18.6 Å². The summed E-state index contributed by atoms with van der Waals surface area (Å²) >= 11 is 4.91. The molecule has 0 aliphatic heterocycles. The quantitative estimate of drug-likeness (QED) is 0.839. The summed E-state index contributed by atoms with van der Waals surface area (Å²) < 4.78 is 28.7. The summed E-state index contributed by atoms with van der Waals surface area (Å²) in [6.45, 7) is 4.18. The third kappa shape index (κ3) is 3.22. The van der Waals surface area contributed by atoms with Gasteiger partial charge >= 0.3 is 0 Å². The fraction of sp³-hybridized carbons (Fsp3) is 0.286. The van der Waals surface area contributed by atoms with Gasteiger partial charge in [-0.2, -0.15) is 0 Å². The smallest absolute Gasteiger partial charge is 0.128 e. The van der Waals surface area contributed by atoms with Crippen molar-refractivity contribution in [1.82, 2.24) is 5.32 Å².